The van der Waals surface area contributed by atoms with Crippen LogP contribution in [0.2, 0.25) is 18.1 Å². The van der Waals surface area contributed by atoms with Crippen LogP contribution in [0.4, 0.5) is 4.79 Å². The number of aromatic nitrogens is 1. The van der Waals surface area contributed by atoms with Crippen LogP contribution in [0.15, 0.2) is 91.0 Å². The van der Waals surface area contributed by atoms with Crippen molar-refractivity contribution in [3.05, 3.63) is 108 Å². The summed E-state index contributed by atoms with van der Waals surface area (Å²) < 4.78 is 12.7. The van der Waals surface area contributed by atoms with Crippen LogP contribution in [-0.4, -0.2) is 43.0 Å². The average molecular weight is 642 g/mol. The third kappa shape index (κ3) is 9.81. The number of amides is 2. The van der Waals surface area contributed by atoms with Gasteiger partial charge in [0.25, 0.3) is 0 Å². The number of hydrogen-bond acceptors (Lipinski definition) is 4. The van der Waals surface area contributed by atoms with Gasteiger partial charge >= 0.3 is 6.09 Å². The van der Waals surface area contributed by atoms with Gasteiger partial charge in [0, 0.05) is 17.6 Å². The Hall–Kier alpha value is -3.88. The quantitative estimate of drug-likeness (QED) is 0.135. The van der Waals surface area contributed by atoms with E-state index < -0.39 is 32.2 Å². The Kier molecular flexibility index (Phi) is 11.2. The van der Waals surface area contributed by atoms with Gasteiger partial charge in [0.05, 0.1) is 18.2 Å². The first-order chi connectivity index (χ1) is 21.6. The Morgan fingerprint density at radius 3 is 2.04 bits per heavy atom. The van der Waals surface area contributed by atoms with E-state index in [0.717, 1.165) is 27.7 Å². The molecule has 1 aromatic heterocycles. The number of ether oxygens (including phenoxy) is 1. The zero-order valence-corrected chi connectivity index (χ0v) is 29.6. The van der Waals surface area contributed by atoms with Crippen molar-refractivity contribution in [1.82, 2.24) is 15.6 Å². The molecule has 3 aromatic carbocycles. The molecule has 0 bridgehead atoms. The Morgan fingerprint density at radius 2 is 1.43 bits per heavy atom. The molecular weight excluding hydrogens is 591 g/mol. The van der Waals surface area contributed by atoms with Crippen LogP contribution < -0.4 is 10.6 Å². The molecule has 4 aromatic rings. The van der Waals surface area contributed by atoms with Gasteiger partial charge in [0.2, 0.25) is 5.91 Å². The molecule has 0 aliphatic heterocycles. The number of aromatic amines is 1. The normalized spacial score (nSPS) is 14.3. The predicted molar refractivity (Wildman–Crippen MR) is 189 cm³/mol. The maximum absolute atomic E-state index is 13.8. The van der Waals surface area contributed by atoms with Crippen LogP contribution in [0.25, 0.3) is 10.9 Å². The van der Waals surface area contributed by atoms with Crippen molar-refractivity contribution in [1.29, 1.82) is 0 Å². The topological polar surface area (TPSA) is 92.5 Å². The standard InChI is InChI=1S/C38H51N3O4Si/c1-37(2,3)44-36(43)40-31(25-27-17-11-9-12-18-27)33(45-46(7,8)38(4,5)6)23-24-34(42)41-35(28-19-13-10-14-20-28)32-26-29-21-15-16-22-30(29)39-32/h9-22,26,31,33,35,39H,23-25H2,1-8H3,(H,40,43)(H,41,42)/t31-,33-,35?/m0/s1. The summed E-state index contributed by atoms with van der Waals surface area (Å²) in [5, 5.41) is 7.45. The van der Waals surface area contributed by atoms with Gasteiger partial charge < -0.3 is 24.8 Å². The molecule has 246 valence electrons. The lowest BCUT2D eigenvalue weighted by Crippen LogP contribution is -2.53. The van der Waals surface area contributed by atoms with E-state index in [0.29, 0.717) is 12.8 Å². The third-order valence-electron chi connectivity index (χ3n) is 8.66. The Bertz CT molecular complexity index is 1540. The van der Waals surface area contributed by atoms with Crippen molar-refractivity contribution in [2.45, 2.75) is 103 Å². The van der Waals surface area contributed by atoms with Crippen LogP contribution in [0.1, 0.15) is 77.2 Å². The van der Waals surface area contributed by atoms with Crippen LogP contribution in [0.3, 0.4) is 0 Å². The largest absolute Gasteiger partial charge is 0.444 e. The summed E-state index contributed by atoms with van der Waals surface area (Å²) in [4.78, 5) is 30.4. The third-order valence-corrected chi connectivity index (χ3v) is 13.2. The maximum Gasteiger partial charge on any atom is 0.407 e. The van der Waals surface area contributed by atoms with Crippen molar-refractivity contribution in [2.75, 3.05) is 0 Å². The zero-order valence-electron chi connectivity index (χ0n) is 28.6. The molecule has 3 atom stereocenters. The van der Waals surface area contributed by atoms with Crippen LogP contribution in [0.5, 0.6) is 0 Å². The highest BCUT2D eigenvalue weighted by Gasteiger charge is 2.41. The summed E-state index contributed by atoms with van der Waals surface area (Å²) in [6.45, 7) is 16.5. The molecule has 1 heterocycles. The van der Waals surface area contributed by atoms with E-state index >= 15 is 0 Å². The molecule has 0 aliphatic carbocycles. The van der Waals surface area contributed by atoms with E-state index in [-0.39, 0.29) is 23.4 Å². The molecule has 0 aliphatic rings. The molecule has 8 heteroatoms. The summed E-state index contributed by atoms with van der Waals surface area (Å²) in [5.74, 6) is -0.0907. The number of fused-ring (bicyclic) bond motifs is 1. The first-order valence-corrected chi connectivity index (χ1v) is 19.2. The second-order valence-electron chi connectivity index (χ2n) is 14.6. The second-order valence-corrected chi connectivity index (χ2v) is 19.4. The fourth-order valence-corrected chi connectivity index (χ4v) is 6.64. The van der Waals surface area contributed by atoms with E-state index in [1.54, 1.807) is 0 Å². The van der Waals surface area contributed by atoms with Crippen molar-refractivity contribution in [3.63, 3.8) is 0 Å². The van der Waals surface area contributed by atoms with Crippen molar-refractivity contribution >= 4 is 31.2 Å². The number of rotatable bonds is 12. The molecule has 1 unspecified atom stereocenters. The molecule has 46 heavy (non-hydrogen) atoms. The number of carbonyl (C=O) groups is 2. The van der Waals surface area contributed by atoms with Gasteiger partial charge in [-0.05, 0) is 80.4 Å². The van der Waals surface area contributed by atoms with E-state index in [2.05, 4.69) is 61.6 Å². The molecule has 0 radical (unpaired) electrons. The second kappa shape index (κ2) is 14.7. The molecule has 0 fully saturated rings. The number of para-hydroxylation sites is 1. The lowest BCUT2D eigenvalue weighted by atomic mass is 9.97. The summed E-state index contributed by atoms with van der Waals surface area (Å²) >= 11 is 0. The Labute approximate surface area is 275 Å². The molecule has 0 saturated heterocycles. The minimum Gasteiger partial charge on any atom is -0.444 e. The molecule has 7 nitrogen and oxygen atoms in total. The number of benzene rings is 3. The van der Waals surface area contributed by atoms with E-state index in [1.165, 1.54) is 0 Å². The maximum atomic E-state index is 13.8. The lowest BCUT2D eigenvalue weighted by Gasteiger charge is -2.42. The molecule has 0 saturated carbocycles. The number of alkyl carbamates (subject to hydrolysis) is 1. The smallest absolute Gasteiger partial charge is 0.407 e. The number of hydrogen-bond donors (Lipinski definition) is 3. The van der Waals surface area contributed by atoms with Gasteiger partial charge in [-0.3, -0.25) is 4.79 Å². The van der Waals surface area contributed by atoms with Gasteiger partial charge in [-0.15, -0.1) is 0 Å². The minimum absolute atomic E-state index is 0.0647. The van der Waals surface area contributed by atoms with Gasteiger partial charge in [0.15, 0.2) is 8.32 Å². The fourth-order valence-electron chi connectivity index (χ4n) is 5.24. The highest BCUT2D eigenvalue weighted by atomic mass is 28.4. The average Bonchev–Trinajstić information content (AvgIpc) is 3.41. The van der Waals surface area contributed by atoms with E-state index in [9.17, 15) is 9.59 Å². The molecular formula is C38H51N3O4Si. The van der Waals surface area contributed by atoms with Gasteiger partial charge in [-0.25, -0.2) is 4.79 Å². The summed E-state index contributed by atoms with van der Waals surface area (Å²) in [7, 11) is -2.30. The zero-order chi connectivity index (χ0) is 33.5. The first-order valence-electron chi connectivity index (χ1n) is 16.2. The van der Waals surface area contributed by atoms with Crippen LogP contribution in [-0.2, 0) is 20.4 Å². The van der Waals surface area contributed by atoms with Crippen molar-refractivity contribution in [2.24, 2.45) is 0 Å². The number of nitrogens with one attached hydrogen (secondary N) is 3. The monoisotopic (exact) mass is 641 g/mol. The summed E-state index contributed by atoms with van der Waals surface area (Å²) in [6, 6.07) is 29.5. The van der Waals surface area contributed by atoms with Crippen molar-refractivity contribution in [3.8, 4) is 0 Å². The minimum atomic E-state index is -2.30. The highest BCUT2D eigenvalue weighted by Crippen LogP contribution is 2.38. The summed E-state index contributed by atoms with van der Waals surface area (Å²) in [5.41, 5.74) is 3.35. The van der Waals surface area contributed by atoms with Gasteiger partial charge in [0.1, 0.15) is 5.60 Å². The molecule has 2 amide bonds. The van der Waals surface area contributed by atoms with Crippen LogP contribution in [0, 0.1) is 0 Å². The van der Waals surface area contributed by atoms with Crippen molar-refractivity contribution < 1.29 is 18.8 Å². The number of carbonyl (C=O) groups excluding carboxylic acids is 2. The molecule has 4 rings (SSSR count). The lowest BCUT2D eigenvalue weighted by molar-refractivity contribution is -0.122. The first kappa shape index (κ1) is 35.0. The van der Waals surface area contributed by atoms with Gasteiger partial charge in [-0.1, -0.05) is 99.6 Å². The van der Waals surface area contributed by atoms with Crippen LogP contribution >= 0.6 is 0 Å². The number of H-pyrrole nitrogens is 1. The molecule has 0 spiro atoms. The van der Waals surface area contributed by atoms with E-state index in [1.807, 2.05) is 99.6 Å². The van der Waals surface area contributed by atoms with Gasteiger partial charge in [-0.2, -0.15) is 0 Å². The fraction of sp³-hybridized carbons (Fsp3) is 0.421. The Balaban J connectivity index is 1.60. The van der Waals surface area contributed by atoms with E-state index in [4.69, 9.17) is 9.16 Å². The summed E-state index contributed by atoms with van der Waals surface area (Å²) in [6.07, 6.45) is 0.291. The highest BCUT2D eigenvalue weighted by molar-refractivity contribution is 6.74. The SMILES string of the molecule is CC(C)(C)OC(=O)N[C@@H](Cc1ccccc1)[C@H](CCC(=O)NC(c1ccccc1)c1cc2ccccc2[nH]1)O[Si](C)(C)C(C)(C)C. The molecule has 3 N–H and O–H groups in total. The predicted octanol–water partition coefficient (Wildman–Crippen LogP) is 8.68. The Morgan fingerprint density at radius 1 is 0.826 bits per heavy atom.